The van der Waals surface area contributed by atoms with Gasteiger partial charge in [-0.1, -0.05) is 19.8 Å². The van der Waals surface area contributed by atoms with Gasteiger partial charge in [0.1, 0.15) is 0 Å². The Hall–Kier alpha value is -1.38. The minimum Gasteiger partial charge on any atom is -0.438 e. The maximum Gasteiger partial charge on any atom is 0.287 e. The lowest BCUT2D eigenvalue weighted by molar-refractivity contribution is -0.00301. The van der Waals surface area contributed by atoms with Crippen LogP contribution in [0.15, 0.2) is 21.6 Å². The van der Waals surface area contributed by atoms with Gasteiger partial charge in [-0.2, -0.15) is 4.31 Å². The fourth-order valence-electron chi connectivity index (χ4n) is 3.63. The SMILES string of the molecule is C[C@@H]1CCCC[C@@H]1OCCNC(=O)c1ccc(S(=O)(=O)N2CCCC2)o1. The molecular weight excluding hydrogens is 356 g/mol. The van der Waals surface area contributed by atoms with Crippen LogP contribution in [0.4, 0.5) is 0 Å². The van der Waals surface area contributed by atoms with Crippen LogP contribution in [-0.2, 0) is 14.8 Å². The minimum atomic E-state index is -3.64. The normalized spacial score (nSPS) is 24.7. The van der Waals surface area contributed by atoms with Crippen LogP contribution in [0.1, 0.15) is 56.0 Å². The first-order valence-corrected chi connectivity index (χ1v) is 10.9. The number of carbonyl (C=O) groups is 1. The Morgan fingerprint density at radius 2 is 1.96 bits per heavy atom. The Kier molecular flexibility index (Phi) is 6.37. The summed E-state index contributed by atoms with van der Waals surface area (Å²) in [5.74, 6) is 0.143. The van der Waals surface area contributed by atoms with Crippen molar-refractivity contribution in [3.8, 4) is 0 Å². The van der Waals surface area contributed by atoms with E-state index in [1.807, 2.05) is 0 Å². The average Bonchev–Trinajstić information content (AvgIpc) is 3.31. The number of ether oxygens (including phenoxy) is 1. The van der Waals surface area contributed by atoms with Gasteiger partial charge < -0.3 is 14.5 Å². The van der Waals surface area contributed by atoms with Crippen molar-refractivity contribution in [3.63, 3.8) is 0 Å². The number of carbonyl (C=O) groups excluding carboxylic acids is 1. The van der Waals surface area contributed by atoms with E-state index < -0.39 is 15.9 Å². The largest absolute Gasteiger partial charge is 0.438 e. The van der Waals surface area contributed by atoms with Crippen LogP contribution in [0.5, 0.6) is 0 Å². The van der Waals surface area contributed by atoms with E-state index in [0.29, 0.717) is 32.2 Å². The van der Waals surface area contributed by atoms with Crippen LogP contribution >= 0.6 is 0 Å². The topological polar surface area (TPSA) is 88.8 Å². The summed E-state index contributed by atoms with van der Waals surface area (Å²) in [6.07, 6.45) is 6.70. The van der Waals surface area contributed by atoms with Crippen LogP contribution < -0.4 is 5.32 Å². The average molecular weight is 384 g/mol. The molecular formula is C18H28N2O5S. The Morgan fingerprint density at radius 1 is 1.23 bits per heavy atom. The Balaban J connectivity index is 1.47. The molecule has 2 heterocycles. The van der Waals surface area contributed by atoms with E-state index in [1.54, 1.807) is 0 Å². The quantitative estimate of drug-likeness (QED) is 0.729. The molecule has 0 unspecified atom stereocenters. The van der Waals surface area contributed by atoms with E-state index in [0.717, 1.165) is 19.3 Å². The predicted octanol–water partition coefficient (Wildman–Crippen LogP) is 2.39. The summed E-state index contributed by atoms with van der Waals surface area (Å²) < 4.78 is 37.4. The summed E-state index contributed by atoms with van der Waals surface area (Å²) in [4.78, 5) is 12.2. The van der Waals surface area contributed by atoms with Crippen LogP contribution in [-0.4, -0.2) is 51.0 Å². The maximum atomic E-state index is 12.4. The summed E-state index contributed by atoms with van der Waals surface area (Å²) in [6, 6.07) is 2.76. The highest BCUT2D eigenvalue weighted by Crippen LogP contribution is 2.26. The molecule has 3 rings (SSSR count). The smallest absolute Gasteiger partial charge is 0.287 e. The summed E-state index contributed by atoms with van der Waals surface area (Å²) in [7, 11) is -3.64. The number of furan rings is 1. The van der Waals surface area contributed by atoms with Crippen LogP contribution in [0, 0.1) is 5.92 Å². The zero-order valence-electron chi connectivity index (χ0n) is 15.3. The van der Waals surface area contributed by atoms with E-state index in [1.165, 1.54) is 35.7 Å². The summed E-state index contributed by atoms with van der Waals surface area (Å²) in [5, 5.41) is 2.55. The van der Waals surface area contributed by atoms with Gasteiger partial charge in [-0.15, -0.1) is 0 Å². The lowest BCUT2D eigenvalue weighted by Gasteiger charge is -2.28. The monoisotopic (exact) mass is 384 g/mol. The van der Waals surface area contributed by atoms with Crippen molar-refractivity contribution < 1.29 is 22.4 Å². The molecule has 0 radical (unpaired) electrons. The van der Waals surface area contributed by atoms with Crippen molar-refractivity contribution >= 4 is 15.9 Å². The zero-order valence-corrected chi connectivity index (χ0v) is 16.1. The first-order chi connectivity index (χ1) is 12.5. The Bertz CT molecular complexity index is 709. The molecule has 1 aliphatic heterocycles. The molecule has 2 aliphatic rings. The van der Waals surface area contributed by atoms with E-state index in [2.05, 4.69) is 12.2 Å². The highest BCUT2D eigenvalue weighted by molar-refractivity contribution is 7.89. The molecule has 2 atom stereocenters. The zero-order chi connectivity index (χ0) is 18.6. The highest BCUT2D eigenvalue weighted by Gasteiger charge is 2.30. The lowest BCUT2D eigenvalue weighted by atomic mass is 9.88. The summed E-state index contributed by atoms with van der Waals surface area (Å²) in [6.45, 7) is 4.02. The molecule has 1 saturated heterocycles. The van der Waals surface area contributed by atoms with Gasteiger partial charge in [0.2, 0.25) is 5.09 Å². The lowest BCUT2D eigenvalue weighted by Crippen LogP contribution is -2.31. The van der Waals surface area contributed by atoms with Crippen molar-refractivity contribution in [2.24, 2.45) is 5.92 Å². The molecule has 1 N–H and O–H groups in total. The molecule has 8 heteroatoms. The molecule has 1 aromatic rings. The number of nitrogens with zero attached hydrogens (tertiary/aromatic N) is 1. The first-order valence-electron chi connectivity index (χ1n) is 9.48. The third-order valence-corrected chi connectivity index (χ3v) is 6.99. The van der Waals surface area contributed by atoms with Gasteiger partial charge in [-0.3, -0.25) is 4.79 Å². The van der Waals surface area contributed by atoms with Gasteiger partial charge >= 0.3 is 0 Å². The summed E-state index contributed by atoms with van der Waals surface area (Å²) in [5.41, 5.74) is 0. The summed E-state index contributed by atoms with van der Waals surface area (Å²) >= 11 is 0. The second kappa shape index (κ2) is 8.54. The van der Waals surface area contributed by atoms with Gasteiger partial charge in [-0.25, -0.2) is 8.42 Å². The number of amides is 1. The molecule has 26 heavy (non-hydrogen) atoms. The third-order valence-electron chi connectivity index (χ3n) is 5.22. The van der Waals surface area contributed by atoms with Crippen molar-refractivity contribution in [3.05, 3.63) is 17.9 Å². The number of nitrogens with one attached hydrogen (secondary N) is 1. The molecule has 7 nitrogen and oxygen atoms in total. The van der Waals surface area contributed by atoms with Crippen LogP contribution in [0.25, 0.3) is 0 Å². The fourth-order valence-corrected chi connectivity index (χ4v) is 5.06. The van der Waals surface area contributed by atoms with E-state index in [9.17, 15) is 13.2 Å². The molecule has 2 fully saturated rings. The van der Waals surface area contributed by atoms with Crippen molar-refractivity contribution in [2.45, 2.75) is 56.6 Å². The predicted molar refractivity (Wildman–Crippen MR) is 96.4 cm³/mol. The molecule has 1 aromatic heterocycles. The first kappa shape index (κ1) is 19.4. The third kappa shape index (κ3) is 4.47. The van der Waals surface area contributed by atoms with Gasteiger partial charge in [-0.05, 0) is 43.7 Å². The van der Waals surface area contributed by atoms with Crippen molar-refractivity contribution in [2.75, 3.05) is 26.2 Å². The van der Waals surface area contributed by atoms with Gasteiger partial charge in [0.05, 0.1) is 12.7 Å². The van der Waals surface area contributed by atoms with E-state index in [4.69, 9.17) is 9.15 Å². The molecule has 146 valence electrons. The number of hydrogen-bond donors (Lipinski definition) is 1. The van der Waals surface area contributed by atoms with Crippen molar-refractivity contribution in [1.29, 1.82) is 0 Å². The van der Waals surface area contributed by atoms with Gasteiger partial charge in [0.15, 0.2) is 5.76 Å². The second-order valence-electron chi connectivity index (χ2n) is 7.16. The standard InChI is InChI=1S/C18H28N2O5S/c1-14-6-2-3-7-15(14)24-13-10-19-18(21)16-8-9-17(25-16)26(22,23)20-11-4-5-12-20/h8-9,14-15H,2-7,10-13H2,1H3,(H,19,21)/t14-,15+/m1/s1. The second-order valence-corrected chi connectivity index (χ2v) is 9.03. The van der Waals surface area contributed by atoms with Crippen LogP contribution in [0.3, 0.4) is 0 Å². The molecule has 0 aromatic carbocycles. The van der Waals surface area contributed by atoms with Gasteiger partial charge in [0.25, 0.3) is 15.9 Å². The molecule has 1 amide bonds. The minimum absolute atomic E-state index is 0.00815. The number of sulfonamides is 1. The molecule has 1 saturated carbocycles. The molecule has 0 spiro atoms. The molecule has 1 aliphatic carbocycles. The van der Waals surface area contributed by atoms with Gasteiger partial charge in [0, 0.05) is 19.6 Å². The highest BCUT2D eigenvalue weighted by atomic mass is 32.2. The Labute approximate surface area is 155 Å². The van der Waals surface area contributed by atoms with Crippen molar-refractivity contribution in [1.82, 2.24) is 9.62 Å². The number of rotatable bonds is 7. The Morgan fingerprint density at radius 3 is 2.69 bits per heavy atom. The van der Waals surface area contributed by atoms with E-state index >= 15 is 0 Å². The molecule has 0 bridgehead atoms. The number of hydrogen-bond acceptors (Lipinski definition) is 5. The van der Waals surface area contributed by atoms with Crippen LogP contribution in [0.2, 0.25) is 0 Å². The van der Waals surface area contributed by atoms with E-state index in [-0.39, 0.29) is 17.0 Å². The maximum absolute atomic E-state index is 12.4. The fraction of sp³-hybridized carbons (Fsp3) is 0.722.